The summed E-state index contributed by atoms with van der Waals surface area (Å²) in [5, 5.41) is 2.82. The maximum atomic E-state index is 12.7. The van der Waals surface area contributed by atoms with Crippen LogP contribution in [0.4, 0.5) is 4.79 Å². The van der Waals surface area contributed by atoms with Crippen molar-refractivity contribution in [2.75, 3.05) is 19.6 Å². The highest BCUT2D eigenvalue weighted by Gasteiger charge is 2.52. The second kappa shape index (κ2) is 6.16. The lowest BCUT2D eigenvalue weighted by molar-refractivity contribution is -0.139. The van der Waals surface area contributed by atoms with Crippen molar-refractivity contribution in [1.29, 1.82) is 0 Å². The normalized spacial score (nSPS) is 25.7. The molecule has 25 heavy (non-hydrogen) atoms. The minimum absolute atomic E-state index is 0.164. The number of imidazole rings is 1. The molecule has 0 aromatic carbocycles. The summed E-state index contributed by atoms with van der Waals surface area (Å²) in [5.41, 5.74) is -0.751. The second-order valence-corrected chi connectivity index (χ2v) is 7.26. The van der Waals surface area contributed by atoms with Crippen LogP contribution in [0, 0.1) is 0 Å². The van der Waals surface area contributed by atoms with E-state index in [1.54, 1.807) is 17.4 Å². The second-order valence-electron chi connectivity index (χ2n) is 7.26. The van der Waals surface area contributed by atoms with Crippen LogP contribution >= 0.6 is 0 Å². The first kappa shape index (κ1) is 16.1. The summed E-state index contributed by atoms with van der Waals surface area (Å²) in [7, 11) is 0. The van der Waals surface area contributed by atoms with Gasteiger partial charge in [0.05, 0.1) is 12.4 Å². The Morgan fingerprint density at radius 1 is 1.28 bits per heavy atom. The van der Waals surface area contributed by atoms with Crippen molar-refractivity contribution in [3.63, 3.8) is 0 Å². The number of amides is 4. The van der Waals surface area contributed by atoms with E-state index in [2.05, 4.69) is 10.3 Å². The molecule has 1 aromatic rings. The van der Waals surface area contributed by atoms with Gasteiger partial charge in [0.1, 0.15) is 12.1 Å². The highest BCUT2D eigenvalue weighted by atomic mass is 16.2. The van der Waals surface area contributed by atoms with Gasteiger partial charge in [0.2, 0.25) is 5.91 Å². The van der Waals surface area contributed by atoms with Crippen molar-refractivity contribution in [3.8, 4) is 0 Å². The average molecular weight is 345 g/mol. The lowest BCUT2D eigenvalue weighted by Crippen LogP contribution is -2.48. The smallest absolute Gasteiger partial charge is 0.325 e. The maximum absolute atomic E-state index is 12.7. The largest absolute Gasteiger partial charge is 0.339 e. The lowest BCUT2D eigenvalue weighted by Gasteiger charge is -2.34. The Balaban J connectivity index is 1.41. The summed E-state index contributed by atoms with van der Waals surface area (Å²) in [4.78, 5) is 44.5. The predicted molar refractivity (Wildman–Crippen MR) is 88.5 cm³/mol. The summed E-state index contributed by atoms with van der Waals surface area (Å²) in [6, 6.07) is -0.229. The summed E-state index contributed by atoms with van der Waals surface area (Å²) < 4.78 is 2.01. The molecule has 0 radical (unpaired) electrons. The van der Waals surface area contributed by atoms with E-state index in [0.29, 0.717) is 25.9 Å². The summed E-state index contributed by atoms with van der Waals surface area (Å²) in [5.74, 6) is -0.394. The van der Waals surface area contributed by atoms with Gasteiger partial charge in [-0.25, -0.2) is 9.78 Å². The number of aromatic nitrogens is 2. The molecular weight excluding hydrogens is 322 g/mol. The van der Waals surface area contributed by atoms with Gasteiger partial charge >= 0.3 is 6.03 Å². The quantitative estimate of drug-likeness (QED) is 0.825. The third kappa shape index (κ3) is 2.79. The van der Waals surface area contributed by atoms with Gasteiger partial charge in [-0.05, 0) is 25.7 Å². The van der Waals surface area contributed by atoms with E-state index >= 15 is 0 Å². The molecule has 0 bridgehead atoms. The van der Waals surface area contributed by atoms with Gasteiger partial charge in [-0.15, -0.1) is 0 Å². The highest BCUT2D eigenvalue weighted by molar-refractivity contribution is 6.09. The first-order valence-corrected chi connectivity index (χ1v) is 8.98. The number of carbonyl (C=O) groups excluding carboxylic acids is 3. The van der Waals surface area contributed by atoms with Gasteiger partial charge in [-0.1, -0.05) is 12.8 Å². The SMILES string of the molecule is O=C(CN1C(=O)NC2(CCCC2)C1=O)N1CCC[C@@H](n2ccnc2)C1. The van der Waals surface area contributed by atoms with Gasteiger partial charge in [0.15, 0.2) is 0 Å². The van der Waals surface area contributed by atoms with E-state index in [1.165, 1.54) is 0 Å². The van der Waals surface area contributed by atoms with E-state index in [1.807, 2.05) is 10.8 Å². The molecule has 8 heteroatoms. The van der Waals surface area contributed by atoms with Crippen molar-refractivity contribution in [3.05, 3.63) is 18.7 Å². The minimum atomic E-state index is -0.751. The third-order valence-corrected chi connectivity index (χ3v) is 5.69. The number of piperidine rings is 1. The first-order valence-electron chi connectivity index (χ1n) is 8.98. The number of hydrogen-bond donors (Lipinski definition) is 1. The fourth-order valence-electron chi connectivity index (χ4n) is 4.28. The van der Waals surface area contributed by atoms with Crippen LogP contribution in [0.2, 0.25) is 0 Å². The molecular formula is C17H23N5O3. The number of likely N-dealkylation sites (tertiary alicyclic amines) is 1. The van der Waals surface area contributed by atoms with Crippen LogP contribution in [-0.2, 0) is 9.59 Å². The molecule has 4 rings (SSSR count). The number of nitrogens with one attached hydrogen (secondary N) is 1. The number of urea groups is 1. The molecule has 1 N–H and O–H groups in total. The molecule has 3 aliphatic rings. The molecule has 0 unspecified atom stereocenters. The summed E-state index contributed by atoms with van der Waals surface area (Å²) >= 11 is 0. The molecule has 2 saturated heterocycles. The number of rotatable bonds is 3. The predicted octanol–water partition coefficient (Wildman–Crippen LogP) is 0.911. The Hall–Kier alpha value is -2.38. The average Bonchev–Trinajstić information content (AvgIpc) is 3.34. The molecule has 134 valence electrons. The Bertz CT molecular complexity index is 680. The Kier molecular flexibility index (Phi) is 3.97. The van der Waals surface area contributed by atoms with Crippen LogP contribution in [0.1, 0.15) is 44.6 Å². The van der Waals surface area contributed by atoms with Crippen LogP contribution < -0.4 is 5.32 Å². The van der Waals surface area contributed by atoms with Crippen molar-refractivity contribution < 1.29 is 14.4 Å². The van der Waals surface area contributed by atoms with Gasteiger partial charge in [0, 0.05) is 25.5 Å². The maximum Gasteiger partial charge on any atom is 0.325 e. The standard InChI is InChI=1S/C17H23N5O3/c23-14(20-8-3-4-13(10-20)21-9-7-18-12-21)11-22-15(24)17(19-16(22)25)5-1-2-6-17/h7,9,12-13H,1-6,8,10-11H2,(H,19,25)/t13-/m1/s1. The van der Waals surface area contributed by atoms with Crippen molar-refractivity contribution in [2.24, 2.45) is 0 Å². The van der Waals surface area contributed by atoms with Gasteiger partial charge in [0.25, 0.3) is 5.91 Å². The fourth-order valence-corrected chi connectivity index (χ4v) is 4.28. The van der Waals surface area contributed by atoms with Gasteiger partial charge in [-0.3, -0.25) is 14.5 Å². The molecule has 2 aliphatic heterocycles. The molecule has 1 spiro atoms. The minimum Gasteiger partial charge on any atom is -0.339 e. The molecule has 1 atom stereocenters. The highest BCUT2D eigenvalue weighted by Crippen LogP contribution is 2.35. The third-order valence-electron chi connectivity index (χ3n) is 5.69. The Morgan fingerprint density at radius 2 is 2.08 bits per heavy atom. The Labute approximate surface area is 146 Å². The van der Waals surface area contributed by atoms with E-state index in [0.717, 1.165) is 30.6 Å². The number of hydrogen-bond acceptors (Lipinski definition) is 4. The Morgan fingerprint density at radius 3 is 2.80 bits per heavy atom. The van der Waals surface area contributed by atoms with Gasteiger partial charge in [-0.2, -0.15) is 0 Å². The number of carbonyl (C=O) groups is 3. The van der Waals surface area contributed by atoms with Crippen LogP contribution in [0.15, 0.2) is 18.7 Å². The van der Waals surface area contributed by atoms with Crippen LogP contribution in [0.25, 0.3) is 0 Å². The number of imide groups is 1. The molecule has 3 heterocycles. The topological polar surface area (TPSA) is 87.5 Å². The van der Waals surface area contributed by atoms with E-state index in [9.17, 15) is 14.4 Å². The molecule has 8 nitrogen and oxygen atoms in total. The van der Waals surface area contributed by atoms with E-state index in [-0.39, 0.29) is 24.4 Å². The van der Waals surface area contributed by atoms with Crippen molar-refractivity contribution >= 4 is 17.8 Å². The van der Waals surface area contributed by atoms with E-state index < -0.39 is 11.6 Å². The molecule has 1 saturated carbocycles. The number of nitrogens with zero attached hydrogens (tertiary/aromatic N) is 4. The molecule has 3 fully saturated rings. The fraction of sp³-hybridized carbons (Fsp3) is 0.647. The zero-order valence-electron chi connectivity index (χ0n) is 14.2. The van der Waals surface area contributed by atoms with E-state index in [4.69, 9.17) is 0 Å². The zero-order valence-corrected chi connectivity index (χ0v) is 14.2. The summed E-state index contributed by atoms with van der Waals surface area (Å²) in [6.45, 7) is 1.09. The lowest BCUT2D eigenvalue weighted by atomic mass is 9.98. The van der Waals surface area contributed by atoms with Crippen LogP contribution in [-0.4, -0.2) is 62.4 Å². The van der Waals surface area contributed by atoms with Gasteiger partial charge < -0.3 is 14.8 Å². The zero-order chi connectivity index (χ0) is 17.4. The monoisotopic (exact) mass is 345 g/mol. The van der Waals surface area contributed by atoms with Crippen LogP contribution in [0.3, 0.4) is 0 Å². The first-order chi connectivity index (χ1) is 12.1. The molecule has 1 aliphatic carbocycles. The molecule has 1 aromatic heterocycles. The summed E-state index contributed by atoms with van der Waals surface area (Å²) in [6.07, 6.45) is 10.5. The van der Waals surface area contributed by atoms with Crippen molar-refractivity contribution in [2.45, 2.75) is 50.1 Å². The molecule has 4 amide bonds. The van der Waals surface area contributed by atoms with Crippen molar-refractivity contribution in [1.82, 2.24) is 24.7 Å². The van der Waals surface area contributed by atoms with Crippen LogP contribution in [0.5, 0.6) is 0 Å².